The van der Waals surface area contributed by atoms with E-state index in [-0.39, 0.29) is 11.9 Å². The van der Waals surface area contributed by atoms with Crippen LogP contribution in [-0.2, 0) is 11.3 Å². The van der Waals surface area contributed by atoms with Crippen LogP contribution in [-0.4, -0.2) is 33.8 Å². The lowest BCUT2D eigenvalue weighted by Crippen LogP contribution is -2.32. The average Bonchev–Trinajstić information content (AvgIpc) is 3.08. The van der Waals surface area contributed by atoms with Crippen LogP contribution in [0.1, 0.15) is 32.4 Å². The molecule has 1 unspecified atom stereocenters. The topological polar surface area (TPSA) is 63.1 Å². The fourth-order valence-corrected chi connectivity index (χ4v) is 2.34. The Balaban J connectivity index is 2.04. The van der Waals surface area contributed by atoms with Crippen LogP contribution >= 0.6 is 0 Å². The standard InChI is InChI=1S/C16H23N5O/c1-4-20(5-2)15-14(8-6-9-17-15)12-18-16(22)13(3)21-11-7-10-19-21/h6-11,13H,4-5,12H2,1-3H3,(H,18,22). The Hall–Kier alpha value is -2.37. The van der Waals surface area contributed by atoms with Gasteiger partial charge in [0.1, 0.15) is 11.9 Å². The predicted octanol–water partition coefficient (Wildman–Crippen LogP) is 2.00. The Labute approximate surface area is 131 Å². The molecule has 0 aliphatic carbocycles. The highest BCUT2D eigenvalue weighted by Crippen LogP contribution is 2.17. The first-order valence-electron chi connectivity index (χ1n) is 7.63. The number of aromatic nitrogens is 3. The third-order valence-electron chi connectivity index (χ3n) is 3.68. The number of hydrogen-bond acceptors (Lipinski definition) is 4. The molecule has 1 amide bonds. The highest BCUT2D eigenvalue weighted by Gasteiger charge is 2.16. The van der Waals surface area contributed by atoms with E-state index in [1.54, 1.807) is 23.3 Å². The molecule has 0 saturated carbocycles. The Morgan fingerprint density at radius 1 is 1.32 bits per heavy atom. The van der Waals surface area contributed by atoms with Gasteiger partial charge in [-0.3, -0.25) is 9.48 Å². The van der Waals surface area contributed by atoms with Crippen LogP contribution in [0.5, 0.6) is 0 Å². The summed E-state index contributed by atoms with van der Waals surface area (Å²) >= 11 is 0. The van der Waals surface area contributed by atoms with Gasteiger partial charge in [-0.15, -0.1) is 0 Å². The molecular formula is C16H23N5O. The van der Waals surface area contributed by atoms with Gasteiger partial charge in [-0.2, -0.15) is 5.10 Å². The van der Waals surface area contributed by atoms with Gasteiger partial charge >= 0.3 is 0 Å². The normalized spacial score (nSPS) is 12.0. The second-order valence-electron chi connectivity index (χ2n) is 5.04. The Morgan fingerprint density at radius 2 is 2.09 bits per heavy atom. The van der Waals surface area contributed by atoms with Crippen molar-refractivity contribution < 1.29 is 4.79 Å². The number of nitrogens with zero attached hydrogens (tertiary/aromatic N) is 4. The number of carbonyl (C=O) groups excluding carboxylic acids is 1. The van der Waals surface area contributed by atoms with Crippen LogP contribution in [0, 0.1) is 0 Å². The molecule has 0 aromatic carbocycles. The molecule has 2 heterocycles. The first kappa shape index (κ1) is 16.0. The monoisotopic (exact) mass is 301 g/mol. The van der Waals surface area contributed by atoms with E-state index < -0.39 is 0 Å². The first-order chi connectivity index (χ1) is 10.7. The average molecular weight is 301 g/mol. The van der Waals surface area contributed by atoms with E-state index in [1.165, 1.54) is 0 Å². The largest absolute Gasteiger partial charge is 0.357 e. The third-order valence-corrected chi connectivity index (χ3v) is 3.68. The van der Waals surface area contributed by atoms with Crippen molar-refractivity contribution in [1.29, 1.82) is 0 Å². The second-order valence-corrected chi connectivity index (χ2v) is 5.04. The number of nitrogens with one attached hydrogen (secondary N) is 1. The molecule has 2 rings (SSSR count). The van der Waals surface area contributed by atoms with Crippen molar-refractivity contribution >= 4 is 11.7 Å². The number of amides is 1. The lowest BCUT2D eigenvalue weighted by atomic mass is 10.2. The van der Waals surface area contributed by atoms with Gasteiger partial charge in [0.15, 0.2) is 0 Å². The molecular weight excluding hydrogens is 278 g/mol. The maximum atomic E-state index is 12.2. The molecule has 1 atom stereocenters. The van der Waals surface area contributed by atoms with E-state index in [1.807, 2.05) is 25.1 Å². The quantitative estimate of drug-likeness (QED) is 0.849. The minimum atomic E-state index is -0.330. The van der Waals surface area contributed by atoms with E-state index in [9.17, 15) is 4.79 Å². The molecule has 1 N–H and O–H groups in total. The van der Waals surface area contributed by atoms with Crippen molar-refractivity contribution in [2.24, 2.45) is 0 Å². The second kappa shape index (κ2) is 7.59. The van der Waals surface area contributed by atoms with Gasteiger partial charge < -0.3 is 10.2 Å². The molecule has 2 aromatic heterocycles. The molecule has 0 fully saturated rings. The summed E-state index contributed by atoms with van der Waals surface area (Å²) in [5.74, 6) is 0.873. The van der Waals surface area contributed by atoms with E-state index in [0.29, 0.717) is 6.54 Å². The maximum Gasteiger partial charge on any atom is 0.244 e. The lowest BCUT2D eigenvalue weighted by molar-refractivity contribution is -0.124. The Bertz CT molecular complexity index is 592. The fourth-order valence-electron chi connectivity index (χ4n) is 2.34. The van der Waals surface area contributed by atoms with Gasteiger partial charge in [0.2, 0.25) is 5.91 Å². The van der Waals surface area contributed by atoms with Gasteiger partial charge in [-0.1, -0.05) is 6.07 Å². The molecule has 0 aliphatic heterocycles. The van der Waals surface area contributed by atoms with Crippen molar-refractivity contribution in [2.45, 2.75) is 33.4 Å². The summed E-state index contributed by atoms with van der Waals surface area (Å²) in [5, 5.41) is 7.06. The predicted molar refractivity (Wildman–Crippen MR) is 86.6 cm³/mol. The highest BCUT2D eigenvalue weighted by atomic mass is 16.2. The molecule has 118 valence electrons. The smallest absolute Gasteiger partial charge is 0.244 e. The van der Waals surface area contributed by atoms with Crippen LogP contribution in [0.25, 0.3) is 0 Å². The fraction of sp³-hybridized carbons (Fsp3) is 0.438. The summed E-state index contributed by atoms with van der Waals surface area (Å²) in [4.78, 5) is 18.9. The van der Waals surface area contributed by atoms with Crippen molar-refractivity contribution in [3.05, 3.63) is 42.4 Å². The van der Waals surface area contributed by atoms with Crippen LogP contribution in [0.15, 0.2) is 36.8 Å². The van der Waals surface area contributed by atoms with Gasteiger partial charge in [0.05, 0.1) is 0 Å². The summed E-state index contributed by atoms with van der Waals surface area (Å²) < 4.78 is 1.64. The lowest BCUT2D eigenvalue weighted by Gasteiger charge is -2.23. The number of hydrogen-bond donors (Lipinski definition) is 1. The van der Waals surface area contributed by atoms with Gasteiger partial charge in [0.25, 0.3) is 0 Å². The van der Waals surface area contributed by atoms with Gasteiger partial charge in [-0.05, 0) is 32.9 Å². The minimum Gasteiger partial charge on any atom is -0.357 e. The van der Waals surface area contributed by atoms with Crippen LogP contribution in [0.3, 0.4) is 0 Å². The van der Waals surface area contributed by atoms with E-state index >= 15 is 0 Å². The van der Waals surface area contributed by atoms with Crippen LogP contribution in [0.2, 0.25) is 0 Å². The van der Waals surface area contributed by atoms with E-state index in [2.05, 4.69) is 34.1 Å². The van der Waals surface area contributed by atoms with Crippen LogP contribution < -0.4 is 10.2 Å². The molecule has 0 spiro atoms. The zero-order valence-corrected chi connectivity index (χ0v) is 13.4. The first-order valence-corrected chi connectivity index (χ1v) is 7.63. The Morgan fingerprint density at radius 3 is 2.73 bits per heavy atom. The molecule has 0 saturated heterocycles. The van der Waals surface area contributed by atoms with Crippen molar-refractivity contribution in [2.75, 3.05) is 18.0 Å². The van der Waals surface area contributed by atoms with Gasteiger partial charge in [0, 0.05) is 43.8 Å². The molecule has 0 radical (unpaired) electrons. The summed E-state index contributed by atoms with van der Waals surface area (Å²) in [7, 11) is 0. The molecule has 0 aliphatic rings. The van der Waals surface area contributed by atoms with Gasteiger partial charge in [-0.25, -0.2) is 4.98 Å². The minimum absolute atomic E-state index is 0.0574. The highest BCUT2D eigenvalue weighted by molar-refractivity contribution is 5.79. The number of anilines is 1. The van der Waals surface area contributed by atoms with Crippen molar-refractivity contribution in [1.82, 2.24) is 20.1 Å². The number of pyridine rings is 1. The van der Waals surface area contributed by atoms with Crippen molar-refractivity contribution in [3.63, 3.8) is 0 Å². The van der Waals surface area contributed by atoms with E-state index in [0.717, 1.165) is 24.5 Å². The summed E-state index contributed by atoms with van der Waals surface area (Å²) in [6, 6.07) is 5.37. The Kier molecular flexibility index (Phi) is 5.52. The summed E-state index contributed by atoms with van der Waals surface area (Å²) in [5.41, 5.74) is 1.02. The zero-order chi connectivity index (χ0) is 15.9. The molecule has 0 bridgehead atoms. The summed E-state index contributed by atoms with van der Waals surface area (Å²) in [6.45, 7) is 8.26. The third kappa shape index (κ3) is 3.63. The SMILES string of the molecule is CCN(CC)c1ncccc1CNC(=O)C(C)n1cccn1. The molecule has 6 nitrogen and oxygen atoms in total. The molecule has 2 aromatic rings. The molecule has 6 heteroatoms. The zero-order valence-electron chi connectivity index (χ0n) is 13.4. The van der Waals surface area contributed by atoms with Crippen molar-refractivity contribution in [3.8, 4) is 0 Å². The number of rotatable bonds is 7. The maximum absolute atomic E-state index is 12.2. The van der Waals surface area contributed by atoms with Crippen LogP contribution in [0.4, 0.5) is 5.82 Å². The summed E-state index contributed by atoms with van der Waals surface area (Å²) in [6.07, 6.45) is 5.24. The number of carbonyl (C=O) groups is 1. The molecule has 22 heavy (non-hydrogen) atoms. The van der Waals surface area contributed by atoms with E-state index in [4.69, 9.17) is 0 Å².